The van der Waals surface area contributed by atoms with Crippen LogP contribution in [0.5, 0.6) is 0 Å². The first-order valence-electron chi connectivity index (χ1n) is 16.1. The summed E-state index contributed by atoms with van der Waals surface area (Å²) in [6.45, 7) is 1.95. The molecule has 10 nitrogen and oxygen atoms in total. The lowest BCUT2D eigenvalue weighted by Crippen LogP contribution is -2.31. The second-order valence-corrected chi connectivity index (χ2v) is 13.5. The lowest BCUT2D eigenvalue weighted by atomic mass is 10.0. The van der Waals surface area contributed by atoms with Crippen molar-refractivity contribution in [1.82, 2.24) is 39.7 Å². The number of aryl methyl sites for hydroxylation is 2. The van der Waals surface area contributed by atoms with Crippen LogP contribution in [0.4, 0.5) is 0 Å². The third-order valence-corrected chi connectivity index (χ3v) is 9.90. The molecule has 0 saturated heterocycles. The zero-order valence-electron chi connectivity index (χ0n) is 27.4. The average Bonchev–Trinajstić information content (AvgIpc) is 3.88. The summed E-state index contributed by atoms with van der Waals surface area (Å²) in [5, 5.41) is 9.49. The molecule has 2 atom stereocenters. The number of aromatic nitrogens is 6. The molecule has 4 heterocycles. The zero-order chi connectivity index (χ0) is 34.7. The van der Waals surface area contributed by atoms with Crippen LogP contribution in [0, 0.1) is 0 Å². The number of aromatic amines is 2. The van der Waals surface area contributed by atoms with E-state index in [4.69, 9.17) is 28.2 Å². The molecule has 250 valence electrons. The molecule has 50 heavy (non-hydrogen) atoms. The summed E-state index contributed by atoms with van der Waals surface area (Å²) in [5.74, 6) is 0.313. The van der Waals surface area contributed by atoms with Crippen LogP contribution in [0.1, 0.15) is 56.9 Å². The SMILES string of the molecule is C[C@@H](NC(=O)c1cc2ccc(Cl)cc2n1C)c1ccc2nc(C[C@H](NC(=O)c3cc4ccc(Cl)cc4n3C)c3ccc4nc[nH]c4c3)[nH]c2c1. The van der Waals surface area contributed by atoms with E-state index in [9.17, 15) is 9.59 Å². The van der Waals surface area contributed by atoms with E-state index in [0.717, 1.165) is 55.0 Å². The molecule has 0 radical (unpaired) electrons. The van der Waals surface area contributed by atoms with Gasteiger partial charge in [0.15, 0.2) is 0 Å². The molecule has 0 bridgehead atoms. The Bertz CT molecular complexity index is 2610. The minimum atomic E-state index is -0.411. The van der Waals surface area contributed by atoms with Crippen LogP contribution in [-0.4, -0.2) is 40.9 Å². The molecule has 8 aromatic rings. The molecule has 0 fully saturated rings. The molecule has 0 saturated carbocycles. The highest BCUT2D eigenvalue weighted by atomic mass is 35.5. The van der Waals surface area contributed by atoms with Crippen molar-refractivity contribution < 1.29 is 9.59 Å². The van der Waals surface area contributed by atoms with Crippen molar-refractivity contribution in [2.45, 2.75) is 25.4 Å². The number of nitrogens with one attached hydrogen (secondary N) is 4. The lowest BCUT2D eigenvalue weighted by molar-refractivity contribution is 0.0921. The minimum absolute atomic E-state index is 0.181. The first kappa shape index (κ1) is 31.7. The van der Waals surface area contributed by atoms with Crippen LogP contribution >= 0.6 is 23.2 Å². The minimum Gasteiger partial charge on any atom is -0.345 e. The fourth-order valence-electron chi connectivity index (χ4n) is 6.69. The van der Waals surface area contributed by atoms with Crippen LogP contribution in [-0.2, 0) is 20.5 Å². The largest absolute Gasteiger partial charge is 0.345 e. The molecule has 0 aliphatic carbocycles. The molecular weight excluding hydrogens is 671 g/mol. The summed E-state index contributed by atoms with van der Waals surface area (Å²) < 4.78 is 3.70. The van der Waals surface area contributed by atoms with Gasteiger partial charge < -0.3 is 29.7 Å². The Morgan fingerprint density at radius 1 is 0.740 bits per heavy atom. The molecule has 2 amide bonds. The predicted molar refractivity (Wildman–Crippen MR) is 198 cm³/mol. The number of imidazole rings is 2. The maximum absolute atomic E-state index is 13.8. The normalized spacial score (nSPS) is 13.0. The standard InChI is InChI=1S/C38H32Cl2N8O2/c1-20(43-37(49)34-14-23-4-8-25(39)16-32(23)47(34)2)21-6-11-28-31(12-21)45-36(44-28)18-29(22-7-10-27-30(13-22)42-19-41-27)46-38(50)35-15-24-5-9-26(40)17-33(24)48(35)3/h4-17,19-20,29H,18H2,1-3H3,(H,41,42)(H,43,49)(H,44,45)(H,46,50)/t20-,29+/m1/s1. The van der Waals surface area contributed by atoms with Crippen molar-refractivity contribution in [3.05, 3.63) is 130 Å². The Kier molecular flexibility index (Phi) is 7.85. The summed E-state index contributed by atoms with van der Waals surface area (Å²) in [5.41, 5.74) is 8.00. The van der Waals surface area contributed by atoms with E-state index < -0.39 is 6.04 Å². The van der Waals surface area contributed by atoms with E-state index in [1.54, 1.807) is 6.33 Å². The Hall–Kier alpha value is -5.58. The van der Waals surface area contributed by atoms with Gasteiger partial charge in [-0.05, 0) is 78.7 Å². The van der Waals surface area contributed by atoms with Crippen LogP contribution < -0.4 is 10.6 Å². The summed E-state index contributed by atoms with van der Waals surface area (Å²) in [6, 6.07) is 26.0. The van der Waals surface area contributed by atoms with Gasteiger partial charge in [-0.25, -0.2) is 9.97 Å². The van der Waals surface area contributed by atoms with Crippen LogP contribution in [0.3, 0.4) is 0 Å². The van der Waals surface area contributed by atoms with Crippen LogP contribution in [0.15, 0.2) is 91.3 Å². The van der Waals surface area contributed by atoms with E-state index >= 15 is 0 Å². The van der Waals surface area contributed by atoms with Crippen molar-refractivity contribution in [2.75, 3.05) is 0 Å². The Morgan fingerprint density at radius 3 is 2.02 bits per heavy atom. The molecule has 0 aliphatic rings. The third-order valence-electron chi connectivity index (χ3n) is 9.43. The van der Waals surface area contributed by atoms with Gasteiger partial charge in [0.05, 0.1) is 40.5 Å². The number of rotatable bonds is 8. The molecule has 4 aromatic carbocycles. The Morgan fingerprint density at radius 2 is 1.34 bits per heavy atom. The highest BCUT2D eigenvalue weighted by molar-refractivity contribution is 6.31. The number of H-pyrrole nitrogens is 2. The second kappa shape index (κ2) is 12.4. The lowest BCUT2D eigenvalue weighted by Gasteiger charge is -2.19. The molecule has 12 heteroatoms. The van der Waals surface area contributed by atoms with Gasteiger partial charge in [0.25, 0.3) is 11.8 Å². The molecule has 4 aromatic heterocycles. The highest BCUT2D eigenvalue weighted by Crippen LogP contribution is 2.28. The van der Waals surface area contributed by atoms with Gasteiger partial charge in [0, 0.05) is 52.4 Å². The number of benzene rings is 4. The van der Waals surface area contributed by atoms with Crippen molar-refractivity contribution >= 4 is 78.9 Å². The number of fused-ring (bicyclic) bond motifs is 4. The van der Waals surface area contributed by atoms with Gasteiger partial charge in [-0.15, -0.1) is 0 Å². The number of nitrogens with zero attached hydrogens (tertiary/aromatic N) is 4. The quantitative estimate of drug-likeness (QED) is 0.128. The van der Waals surface area contributed by atoms with E-state index in [2.05, 4.69) is 25.6 Å². The number of hydrogen-bond donors (Lipinski definition) is 4. The highest BCUT2D eigenvalue weighted by Gasteiger charge is 2.23. The molecule has 0 spiro atoms. The van der Waals surface area contributed by atoms with Gasteiger partial charge in [0.1, 0.15) is 17.2 Å². The summed E-state index contributed by atoms with van der Waals surface area (Å²) in [7, 11) is 3.72. The second-order valence-electron chi connectivity index (χ2n) is 12.6. The molecule has 0 unspecified atom stereocenters. The number of amides is 2. The van der Waals surface area contributed by atoms with Gasteiger partial charge in [-0.2, -0.15) is 0 Å². The van der Waals surface area contributed by atoms with Crippen LogP contribution in [0.2, 0.25) is 10.0 Å². The van der Waals surface area contributed by atoms with E-state index in [1.807, 2.05) is 115 Å². The number of halogens is 2. The first-order valence-corrected chi connectivity index (χ1v) is 16.9. The Balaban J connectivity index is 1.05. The molecular formula is C38H32Cl2N8O2. The number of carbonyl (C=O) groups is 2. The van der Waals surface area contributed by atoms with Crippen molar-refractivity contribution in [1.29, 1.82) is 0 Å². The van der Waals surface area contributed by atoms with E-state index in [-0.39, 0.29) is 17.9 Å². The van der Waals surface area contributed by atoms with Gasteiger partial charge in [-0.3, -0.25) is 9.59 Å². The third kappa shape index (κ3) is 5.76. The maximum atomic E-state index is 13.8. The Labute approximate surface area is 296 Å². The fourth-order valence-corrected chi connectivity index (χ4v) is 7.02. The van der Waals surface area contributed by atoms with Gasteiger partial charge in [0.2, 0.25) is 0 Å². The van der Waals surface area contributed by atoms with Gasteiger partial charge >= 0.3 is 0 Å². The molecule has 4 N–H and O–H groups in total. The molecule has 0 aliphatic heterocycles. The zero-order valence-corrected chi connectivity index (χ0v) is 28.9. The number of carbonyl (C=O) groups excluding carboxylic acids is 2. The average molecular weight is 704 g/mol. The van der Waals surface area contributed by atoms with E-state index in [1.165, 1.54) is 0 Å². The van der Waals surface area contributed by atoms with Crippen molar-refractivity contribution in [3.8, 4) is 0 Å². The topological polar surface area (TPSA) is 125 Å². The summed E-state index contributed by atoms with van der Waals surface area (Å²) in [4.78, 5) is 43.0. The maximum Gasteiger partial charge on any atom is 0.268 e. The van der Waals surface area contributed by atoms with Gasteiger partial charge in [-0.1, -0.05) is 47.5 Å². The fraction of sp³-hybridized carbons (Fsp3) is 0.158. The van der Waals surface area contributed by atoms with E-state index in [0.29, 0.717) is 33.7 Å². The first-order chi connectivity index (χ1) is 24.1. The molecule has 8 rings (SSSR count). The predicted octanol–water partition coefficient (Wildman–Crippen LogP) is 7.93. The van der Waals surface area contributed by atoms with Crippen LogP contribution in [0.25, 0.3) is 43.9 Å². The number of hydrogen-bond acceptors (Lipinski definition) is 4. The van der Waals surface area contributed by atoms with Crippen molar-refractivity contribution in [2.24, 2.45) is 14.1 Å². The smallest absolute Gasteiger partial charge is 0.268 e. The monoisotopic (exact) mass is 702 g/mol. The summed E-state index contributed by atoms with van der Waals surface area (Å²) in [6.07, 6.45) is 2.06. The summed E-state index contributed by atoms with van der Waals surface area (Å²) >= 11 is 12.4. The van der Waals surface area contributed by atoms with Crippen molar-refractivity contribution in [3.63, 3.8) is 0 Å².